The molecular formula is C15H27N3O. The zero-order valence-electron chi connectivity index (χ0n) is 13.3. The van der Waals surface area contributed by atoms with Gasteiger partial charge in [-0.05, 0) is 20.3 Å². The van der Waals surface area contributed by atoms with Crippen molar-refractivity contribution in [2.24, 2.45) is 11.8 Å². The standard InChI is InChI=1S/C15H27N3O/c1-10(2)14(19)12(5)8-15(6,7)13-9-18(11(3)4)17-16-13/h9-12H,8H2,1-7H3. The zero-order valence-corrected chi connectivity index (χ0v) is 13.3. The normalized spacial score (nSPS) is 14.2. The van der Waals surface area contributed by atoms with Gasteiger partial charge in [0.05, 0.1) is 5.69 Å². The summed E-state index contributed by atoms with van der Waals surface area (Å²) in [6.07, 6.45) is 2.80. The molecule has 1 aromatic heterocycles. The SMILES string of the molecule is CC(C)C(=O)C(C)CC(C)(C)c1cn(C(C)C)nn1. The Morgan fingerprint density at radius 1 is 1.26 bits per heavy atom. The minimum absolute atomic E-state index is 0.0548. The molecule has 0 spiro atoms. The molecule has 4 heteroatoms. The maximum atomic E-state index is 12.0. The molecule has 4 nitrogen and oxygen atoms in total. The second-order valence-electron chi connectivity index (χ2n) is 6.72. The van der Waals surface area contributed by atoms with Crippen LogP contribution in [0.1, 0.15) is 66.6 Å². The Kier molecular flexibility index (Phi) is 4.88. The van der Waals surface area contributed by atoms with E-state index in [1.54, 1.807) is 0 Å². The van der Waals surface area contributed by atoms with Crippen LogP contribution in [0.25, 0.3) is 0 Å². The summed E-state index contributed by atoms with van der Waals surface area (Å²) in [5, 5.41) is 8.42. The number of aromatic nitrogens is 3. The van der Waals surface area contributed by atoms with Gasteiger partial charge in [0.1, 0.15) is 5.78 Å². The monoisotopic (exact) mass is 265 g/mol. The first-order valence-corrected chi connectivity index (χ1v) is 7.11. The van der Waals surface area contributed by atoms with Crippen molar-refractivity contribution in [3.05, 3.63) is 11.9 Å². The number of rotatable bonds is 6. The molecule has 0 radical (unpaired) electrons. The highest BCUT2D eigenvalue weighted by Gasteiger charge is 2.30. The molecule has 0 amide bonds. The first-order valence-electron chi connectivity index (χ1n) is 7.11. The van der Waals surface area contributed by atoms with Crippen LogP contribution in [-0.2, 0) is 10.2 Å². The van der Waals surface area contributed by atoms with Crippen LogP contribution < -0.4 is 0 Å². The van der Waals surface area contributed by atoms with Crippen LogP contribution in [0.4, 0.5) is 0 Å². The second-order valence-corrected chi connectivity index (χ2v) is 6.72. The summed E-state index contributed by atoms with van der Waals surface area (Å²) >= 11 is 0. The molecule has 0 aliphatic rings. The Morgan fingerprint density at radius 3 is 2.26 bits per heavy atom. The lowest BCUT2D eigenvalue weighted by Crippen LogP contribution is -2.27. The molecule has 1 rings (SSSR count). The van der Waals surface area contributed by atoms with Gasteiger partial charge in [0.25, 0.3) is 0 Å². The van der Waals surface area contributed by atoms with Crippen LogP contribution in [0, 0.1) is 11.8 Å². The van der Waals surface area contributed by atoms with Crippen molar-refractivity contribution in [2.45, 2.75) is 66.3 Å². The summed E-state index contributed by atoms with van der Waals surface area (Å²) in [5.74, 6) is 0.473. The molecule has 1 atom stereocenters. The van der Waals surface area contributed by atoms with Gasteiger partial charge in [0, 0.05) is 29.5 Å². The van der Waals surface area contributed by atoms with E-state index in [0.29, 0.717) is 11.8 Å². The second kappa shape index (κ2) is 5.85. The van der Waals surface area contributed by atoms with Gasteiger partial charge in [-0.3, -0.25) is 4.79 Å². The predicted molar refractivity (Wildman–Crippen MR) is 77.1 cm³/mol. The van der Waals surface area contributed by atoms with E-state index < -0.39 is 0 Å². The van der Waals surface area contributed by atoms with Gasteiger partial charge in [0.15, 0.2) is 0 Å². The number of hydrogen-bond donors (Lipinski definition) is 0. The van der Waals surface area contributed by atoms with E-state index in [4.69, 9.17) is 0 Å². The third kappa shape index (κ3) is 3.88. The Bertz CT molecular complexity index is 432. The summed E-state index contributed by atoms with van der Waals surface area (Å²) in [4.78, 5) is 12.0. The molecule has 1 unspecified atom stereocenters. The lowest BCUT2D eigenvalue weighted by molar-refractivity contribution is -0.125. The summed E-state index contributed by atoms with van der Waals surface area (Å²) < 4.78 is 1.87. The van der Waals surface area contributed by atoms with E-state index >= 15 is 0 Å². The van der Waals surface area contributed by atoms with Crippen molar-refractivity contribution < 1.29 is 4.79 Å². The highest BCUT2D eigenvalue weighted by atomic mass is 16.1. The Labute approximate surface area is 116 Å². The summed E-state index contributed by atoms with van der Waals surface area (Å²) in [6.45, 7) is 14.4. The quantitative estimate of drug-likeness (QED) is 0.792. The highest BCUT2D eigenvalue weighted by molar-refractivity contribution is 5.82. The first kappa shape index (κ1) is 15.9. The van der Waals surface area contributed by atoms with E-state index in [1.807, 2.05) is 31.6 Å². The van der Waals surface area contributed by atoms with E-state index in [9.17, 15) is 4.79 Å². The van der Waals surface area contributed by atoms with Crippen molar-refractivity contribution in [3.8, 4) is 0 Å². The van der Waals surface area contributed by atoms with E-state index in [1.165, 1.54) is 0 Å². The van der Waals surface area contributed by atoms with Crippen LogP contribution in [-0.4, -0.2) is 20.8 Å². The predicted octanol–water partition coefficient (Wildman–Crippen LogP) is 3.39. The van der Waals surface area contributed by atoms with E-state index in [-0.39, 0.29) is 17.3 Å². The zero-order chi connectivity index (χ0) is 14.8. The van der Waals surface area contributed by atoms with Gasteiger partial charge in [-0.25, -0.2) is 4.68 Å². The van der Waals surface area contributed by atoms with E-state index in [2.05, 4.69) is 38.0 Å². The molecular weight excluding hydrogens is 238 g/mol. The highest BCUT2D eigenvalue weighted by Crippen LogP contribution is 2.30. The Morgan fingerprint density at radius 2 is 1.84 bits per heavy atom. The van der Waals surface area contributed by atoms with Gasteiger partial charge in [-0.2, -0.15) is 0 Å². The number of Topliss-reactive ketones (excluding diaryl/α,β-unsaturated/α-hetero) is 1. The minimum Gasteiger partial charge on any atom is -0.299 e. The van der Waals surface area contributed by atoms with Crippen molar-refractivity contribution in [1.29, 1.82) is 0 Å². The number of hydrogen-bond acceptors (Lipinski definition) is 3. The van der Waals surface area contributed by atoms with Gasteiger partial charge in [-0.15, -0.1) is 5.10 Å². The molecule has 0 aliphatic heterocycles. The maximum Gasteiger partial charge on any atom is 0.138 e. The number of carbonyl (C=O) groups excluding carboxylic acids is 1. The molecule has 108 valence electrons. The summed E-state index contributed by atoms with van der Waals surface area (Å²) in [5.41, 5.74) is 0.835. The topological polar surface area (TPSA) is 47.8 Å². The van der Waals surface area contributed by atoms with Gasteiger partial charge in [0.2, 0.25) is 0 Å². The van der Waals surface area contributed by atoms with Crippen molar-refractivity contribution >= 4 is 5.78 Å². The number of carbonyl (C=O) groups is 1. The third-order valence-corrected chi connectivity index (χ3v) is 3.60. The first-order chi connectivity index (χ1) is 8.65. The summed E-state index contributed by atoms with van der Waals surface area (Å²) in [6, 6.07) is 0.312. The lowest BCUT2D eigenvalue weighted by atomic mass is 9.78. The Hall–Kier alpha value is -1.19. The molecule has 0 saturated heterocycles. The fourth-order valence-electron chi connectivity index (χ4n) is 2.38. The molecule has 0 fully saturated rings. The fourth-order valence-corrected chi connectivity index (χ4v) is 2.38. The van der Waals surface area contributed by atoms with E-state index in [0.717, 1.165) is 12.1 Å². The van der Waals surface area contributed by atoms with Crippen LogP contribution in [0.5, 0.6) is 0 Å². The van der Waals surface area contributed by atoms with Gasteiger partial charge < -0.3 is 0 Å². The lowest BCUT2D eigenvalue weighted by Gasteiger charge is -2.26. The minimum atomic E-state index is -0.128. The molecule has 19 heavy (non-hydrogen) atoms. The third-order valence-electron chi connectivity index (χ3n) is 3.60. The van der Waals surface area contributed by atoms with Crippen LogP contribution in [0.3, 0.4) is 0 Å². The van der Waals surface area contributed by atoms with Gasteiger partial charge >= 0.3 is 0 Å². The van der Waals surface area contributed by atoms with Crippen molar-refractivity contribution in [1.82, 2.24) is 15.0 Å². The number of ketones is 1. The smallest absolute Gasteiger partial charge is 0.138 e. The molecule has 1 aromatic rings. The average molecular weight is 265 g/mol. The maximum absolute atomic E-state index is 12.0. The molecule has 0 bridgehead atoms. The van der Waals surface area contributed by atoms with Crippen LogP contribution in [0.2, 0.25) is 0 Å². The molecule has 0 aliphatic carbocycles. The van der Waals surface area contributed by atoms with Crippen molar-refractivity contribution in [3.63, 3.8) is 0 Å². The van der Waals surface area contributed by atoms with Crippen LogP contribution >= 0.6 is 0 Å². The summed E-state index contributed by atoms with van der Waals surface area (Å²) in [7, 11) is 0. The number of nitrogens with zero attached hydrogens (tertiary/aromatic N) is 3. The van der Waals surface area contributed by atoms with Crippen LogP contribution in [0.15, 0.2) is 6.20 Å². The Balaban J connectivity index is 2.82. The fraction of sp³-hybridized carbons (Fsp3) is 0.800. The molecule has 0 aromatic carbocycles. The average Bonchev–Trinajstić information content (AvgIpc) is 2.77. The molecule has 0 saturated carbocycles. The largest absolute Gasteiger partial charge is 0.299 e. The van der Waals surface area contributed by atoms with Crippen molar-refractivity contribution in [2.75, 3.05) is 0 Å². The van der Waals surface area contributed by atoms with Gasteiger partial charge in [-0.1, -0.05) is 39.8 Å². The molecule has 0 N–H and O–H groups in total. The molecule has 1 heterocycles.